The van der Waals surface area contributed by atoms with Crippen molar-refractivity contribution in [2.24, 2.45) is 0 Å². The molecule has 0 aromatic carbocycles. The highest BCUT2D eigenvalue weighted by molar-refractivity contribution is 5.95. The molecule has 3 heterocycles. The first-order valence-electron chi connectivity index (χ1n) is 7.62. The van der Waals surface area contributed by atoms with Crippen LogP contribution in [0.2, 0.25) is 0 Å². The Balaban J connectivity index is 1.90. The zero-order valence-electron chi connectivity index (χ0n) is 13.5. The van der Waals surface area contributed by atoms with Crippen molar-refractivity contribution in [1.82, 2.24) is 20.0 Å². The molecule has 0 saturated carbocycles. The van der Waals surface area contributed by atoms with Crippen molar-refractivity contribution in [3.63, 3.8) is 0 Å². The molecule has 3 rings (SSSR count). The van der Waals surface area contributed by atoms with E-state index in [0.717, 1.165) is 11.3 Å². The maximum Gasteiger partial charge on any atom is 0.410 e. The van der Waals surface area contributed by atoms with E-state index in [2.05, 4.69) is 10.4 Å². The predicted octanol–water partition coefficient (Wildman–Crippen LogP) is 1.31. The monoisotopic (exact) mass is 306 g/mol. The smallest absolute Gasteiger partial charge is 0.410 e. The van der Waals surface area contributed by atoms with Gasteiger partial charge in [-0.1, -0.05) is 0 Å². The zero-order valence-corrected chi connectivity index (χ0v) is 13.5. The Bertz CT molecular complexity index is 629. The van der Waals surface area contributed by atoms with Crippen LogP contribution in [0.15, 0.2) is 0 Å². The van der Waals surface area contributed by atoms with Crippen LogP contribution in [0.3, 0.4) is 0 Å². The molecule has 22 heavy (non-hydrogen) atoms. The Labute approximate surface area is 129 Å². The fourth-order valence-electron chi connectivity index (χ4n) is 2.94. The molecular formula is C15H22N4O3. The number of hydrogen-bond donors (Lipinski definition) is 1. The second-order valence-corrected chi connectivity index (χ2v) is 6.91. The molecule has 0 fully saturated rings. The molecule has 2 aliphatic rings. The molecule has 7 heteroatoms. The molecule has 0 aliphatic carbocycles. The molecule has 0 bridgehead atoms. The molecule has 0 radical (unpaired) electrons. The van der Waals surface area contributed by atoms with E-state index in [1.165, 1.54) is 0 Å². The molecule has 2 aliphatic heterocycles. The molecule has 1 aromatic heterocycles. The molecule has 0 unspecified atom stereocenters. The van der Waals surface area contributed by atoms with Gasteiger partial charge in [0, 0.05) is 24.6 Å². The number of nitrogens with zero attached hydrogens (tertiary/aromatic N) is 3. The van der Waals surface area contributed by atoms with Gasteiger partial charge in [0.25, 0.3) is 5.91 Å². The van der Waals surface area contributed by atoms with Crippen molar-refractivity contribution in [3.05, 3.63) is 17.0 Å². The Morgan fingerprint density at radius 2 is 2.14 bits per heavy atom. The van der Waals surface area contributed by atoms with E-state index in [9.17, 15) is 9.59 Å². The average Bonchev–Trinajstić information content (AvgIpc) is 2.73. The SMILES string of the molecule is C[C@@H]1Cc2nn3c(c2CN1C(=O)OC(C)(C)C)C(=O)NCC3. The van der Waals surface area contributed by atoms with Gasteiger partial charge in [0.2, 0.25) is 0 Å². The summed E-state index contributed by atoms with van der Waals surface area (Å²) in [4.78, 5) is 26.2. The molecule has 1 aromatic rings. The highest BCUT2D eigenvalue weighted by atomic mass is 16.6. The number of amides is 2. The van der Waals surface area contributed by atoms with Crippen molar-refractivity contribution >= 4 is 12.0 Å². The summed E-state index contributed by atoms with van der Waals surface area (Å²) in [6.45, 7) is 9.16. The maximum atomic E-state index is 12.4. The highest BCUT2D eigenvalue weighted by Gasteiger charge is 2.36. The topological polar surface area (TPSA) is 76.5 Å². The van der Waals surface area contributed by atoms with E-state index in [-0.39, 0.29) is 18.0 Å². The van der Waals surface area contributed by atoms with E-state index < -0.39 is 5.60 Å². The van der Waals surface area contributed by atoms with Crippen LogP contribution in [0.1, 0.15) is 49.4 Å². The largest absolute Gasteiger partial charge is 0.444 e. The number of carbonyl (C=O) groups is 2. The van der Waals surface area contributed by atoms with E-state index in [1.54, 1.807) is 9.58 Å². The molecule has 0 spiro atoms. The number of aromatic nitrogens is 2. The first-order chi connectivity index (χ1) is 10.3. The van der Waals surface area contributed by atoms with Gasteiger partial charge in [0.05, 0.1) is 18.8 Å². The van der Waals surface area contributed by atoms with Crippen molar-refractivity contribution in [2.75, 3.05) is 6.54 Å². The first-order valence-corrected chi connectivity index (χ1v) is 7.62. The third-order valence-electron chi connectivity index (χ3n) is 3.94. The number of carbonyl (C=O) groups excluding carboxylic acids is 2. The third kappa shape index (κ3) is 2.55. The predicted molar refractivity (Wildman–Crippen MR) is 79.5 cm³/mol. The number of fused-ring (bicyclic) bond motifs is 3. The van der Waals surface area contributed by atoms with Crippen LogP contribution in [0, 0.1) is 0 Å². The standard InChI is InChI=1S/C15H22N4O3/c1-9-7-11-10(8-18(9)14(21)22-15(2,3)4)12-13(20)16-5-6-19(12)17-11/h9H,5-8H2,1-4H3,(H,16,20)/t9-/m1/s1. The van der Waals surface area contributed by atoms with E-state index in [1.807, 2.05) is 27.7 Å². The van der Waals surface area contributed by atoms with Gasteiger partial charge >= 0.3 is 6.09 Å². The minimum atomic E-state index is -0.535. The quantitative estimate of drug-likeness (QED) is 0.784. The van der Waals surface area contributed by atoms with Gasteiger partial charge < -0.3 is 15.0 Å². The van der Waals surface area contributed by atoms with Gasteiger partial charge in [-0.15, -0.1) is 0 Å². The average molecular weight is 306 g/mol. The third-order valence-corrected chi connectivity index (χ3v) is 3.94. The van der Waals surface area contributed by atoms with Crippen LogP contribution in [-0.4, -0.2) is 44.9 Å². The van der Waals surface area contributed by atoms with Crippen LogP contribution >= 0.6 is 0 Å². The Morgan fingerprint density at radius 1 is 1.41 bits per heavy atom. The Kier molecular flexibility index (Phi) is 3.38. The number of rotatable bonds is 0. The van der Waals surface area contributed by atoms with Crippen LogP contribution in [0.25, 0.3) is 0 Å². The first kappa shape index (κ1) is 14.9. The van der Waals surface area contributed by atoms with E-state index in [4.69, 9.17) is 4.74 Å². The lowest BCUT2D eigenvalue weighted by molar-refractivity contribution is 0.0136. The summed E-state index contributed by atoms with van der Waals surface area (Å²) in [6.07, 6.45) is 0.295. The van der Waals surface area contributed by atoms with Gasteiger partial charge in [-0.2, -0.15) is 5.10 Å². The van der Waals surface area contributed by atoms with Crippen molar-refractivity contribution in [3.8, 4) is 0 Å². The second-order valence-electron chi connectivity index (χ2n) is 6.91. The maximum absolute atomic E-state index is 12.4. The van der Waals surface area contributed by atoms with E-state index >= 15 is 0 Å². The summed E-state index contributed by atoms with van der Waals surface area (Å²) in [7, 11) is 0. The zero-order chi connectivity index (χ0) is 16.1. The fraction of sp³-hybridized carbons (Fsp3) is 0.667. The van der Waals surface area contributed by atoms with Crippen LogP contribution in [0.4, 0.5) is 4.79 Å². The van der Waals surface area contributed by atoms with Crippen LogP contribution in [0.5, 0.6) is 0 Å². The molecule has 1 N–H and O–H groups in total. The summed E-state index contributed by atoms with van der Waals surface area (Å²) < 4.78 is 7.23. The molecule has 0 saturated heterocycles. The number of nitrogens with one attached hydrogen (secondary N) is 1. The van der Waals surface area contributed by atoms with Crippen LogP contribution in [-0.2, 0) is 24.2 Å². The Hall–Kier alpha value is -2.05. The Morgan fingerprint density at radius 3 is 2.82 bits per heavy atom. The van der Waals surface area contributed by atoms with Gasteiger partial charge in [0.1, 0.15) is 11.3 Å². The minimum Gasteiger partial charge on any atom is -0.444 e. The molecular weight excluding hydrogens is 284 g/mol. The molecule has 1 atom stereocenters. The lowest BCUT2D eigenvalue weighted by Gasteiger charge is -2.34. The summed E-state index contributed by atoms with van der Waals surface area (Å²) in [5, 5.41) is 7.37. The normalized spacial score (nSPS) is 21.0. The van der Waals surface area contributed by atoms with Crippen LogP contribution < -0.4 is 5.32 Å². The summed E-state index contributed by atoms with van der Waals surface area (Å²) in [6, 6.07) is 0.00219. The number of ether oxygens (including phenoxy) is 1. The van der Waals surface area contributed by atoms with Gasteiger partial charge in [-0.05, 0) is 27.7 Å². The number of hydrogen-bond acceptors (Lipinski definition) is 4. The summed E-state index contributed by atoms with van der Waals surface area (Å²) >= 11 is 0. The molecule has 2 amide bonds. The minimum absolute atomic E-state index is 0.00219. The van der Waals surface area contributed by atoms with Gasteiger partial charge in [-0.3, -0.25) is 9.48 Å². The van der Waals surface area contributed by atoms with E-state index in [0.29, 0.717) is 31.7 Å². The fourth-order valence-corrected chi connectivity index (χ4v) is 2.94. The summed E-state index contributed by atoms with van der Waals surface area (Å²) in [5.41, 5.74) is 1.81. The lowest BCUT2D eigenvalue weighted by Crippen LogP contribution is -2.45. The highest BCUT2D eigenvalue weighted by Crippen LogP contribution is 2.28. The summed E-state index contributed by atoms with van der Waals surface area (Å²) in [5.74, 6) is -0.112. The van der Waals surface area contributed by atoms with Crippen molar-refractivity contribution in [1.29, 1.82) is 0 Å². The lowest BCUT2D eigenvalue weighted by atomic mass is 9.99. The molecule has 120 valence electrons. The van der Waals surface area contributed by atoms with Crippen molar-refractivity contribution in [2.45, 2.75) is 58.8 Å². The molecule has 7 nitrogen and oxygen atoms in total. The van der Waals surface area contributed by atoms with Crippen molar-refractivity contribution < 1.29 is 14.3 Å². The second kappa shape index (κ2) is 5.00. The van der Waals surface area contributed by atoms with Gasteiger partial charge in [0.15, 0.2) is 0 Å². The van der Waals surface area contributed by atoms with Gasteiger partial charge in [-0.25, -0.2) is 4.79 Å².